The maximum Gasteiger partial charge on any atom is 0.119 e. The van der Waals surface area contributed by atoms with Crippen molar-refractivity contribution in [3.05, 3.63) is 29.3 Å². The minimum Gasteiger partial charge on any atom is -0.497 e. The van der Waals surface area contributed by atoms with Crippen LogP contribution in [0.4, 0.5) is 0 Å². The molecule has 1 heterocycles. The Morgan fingerprint density at radius 1 is 1.40 bits per heavy atom. The van der Waals surface area contributed by atoms with E-state index in [1.165, 1.54) is 4.90 Å². The predicted octanol–water partition coefficient (Wildman–Crippen LogP) is 3.38. The second kappa shape index (κ2) is 4.49. The van der Waals surface area contributed by atoms with Crippen LogP contribution in [0.1, 0.15) is 52.8 Å². The molecular weight excluding hydrogens is 246 g/mol. The lowest BCUT2D eigenvalue weighted by molar-refractivity contribution is 0.00274. The molecule has 1 aliphatic heterocycles. The van der Waals surface area contributed by atoms with E-state index in [1.807, 2.05) is 12.1 Å². The normalized spacial score (nSPS) is 46.2. The van der Waals surface area contributed by atoms with Crippen LogP contribution in [0.15, 0.2) is 18.2 Å². The first-order valence-electron chi connectivity index (χ1n) is 11.1. The number of piperidine rings is 1. The maximum absolute atomic E-state index is 9.26. The monoisotopic (exact) mass is 278 g/mol. The summed E-state index contributed by atoms with van der Waals surface area (Å²) in [5.74, 6) is 0.256. The van der Waals surface area contributed by atoms with Gasteiger partial charge in [-0.3, -0.25) is 0 Å². The highest BCUT2D eigenvalue weighted by atomic mass is 16.5. The highest BCUT2D eigenvalue weighted by Gasteiger charge is 2.53. The van der Waals surface area contributed by atoms with Gasteiger partial charge >= 0.3 is 0 Å². The third kappa shape index (κ3) is 1.60. The van der Waals surface area contributed by atoms with E-state index in [1.54, 1.807) is 6.07 Å². The number of likely N-dealkylation sites (tertiary alicyclic amines) is 1. The largest absolute Gasteiger partial charge is 0.497 e. The lowest BCUT2D eigenvalue weighted by Crippen LogP contribution is -2.59. The van der Waals surface area contributed by atoms with Crippen molar-refractivity contribution in [3.63, 3.8) is 0 Å². The molecule has 1 aromatic rings. The van der Waals surface area contributed by atoms with E-state index in [9.17, 15) is 1.37 Å². The molecule has 4 rings (SSSR count). The fraction of sp³-hybridized carbons (Fsp3) is 0.667. The smallest absolute Gasteiger partial charge is 0.119 e. The van der Waals surface area contributed by atoms with Gasteiger partial charge in [0.05, 0.1) is 11.2 Å². The second-order valence-electron chi connectivity index (χ2n) is 6.45. The Kier molecular flexibility index (Phi) is 1.64. The molecule has 108 valence electrons. The van der Waals surface area contributed by atoms with Gasteiger partial charge in [-0.1, -0.05) is 18.9 Å². The molecule has 0 N–H and O–H groups in total. The number of nitrogens with zero attached hydrogens (tertiary/aromatic N) is 1. The lowest BCUT2D eigenvalue weighted by Gasteiger charge is -2.58. The van der Waals surface area contributed by atoms with Crippen molar-refractivity contribution < 1.29 is 14.3 Å². The average molecular weight is 278 g/mol. The zero-order valence-corrected chi connectivity index (χ0v) is 11.6. The number of methoxy groups -OCH3 is 1. The van der Waals surface area contributed by atoms with Gasteiger partial charge in [0.15, 0.2) is 0 Å². The van der Waals surface area contributed by atoms with Crippen LogP contribution < -0.4 is 4.74 Å². The molecule has 2 heteroatoms. The minimum atomic E-state index is -2.50. The summed E-state index contributed by atoms with van der Waals surface area (Å²) < 4.78 is 60.3. The highest BCUT2D eigenvalue weighted by Crippen LogP contribution is 2.55. The van der Waals surface area contributed by atoms with Crippen molar-refractivity contribution in [1.29, 1.82) is 0 Å². The molecule has 0 aromatic heterocycles. The first-order valence-corrected chi connectivity index (χ1v) is 7.56. The summed E-state index contributed by atoms with van der Waals surface area (Å²) in [6, 6.07) is 4.15. The predicted molar refractivity (Wildman–Crippen MR) is 81.4 cm³/mol. The molecule has 2 bridgehead atoms. The van der Waals surface area contributed by atoms with Gasteiger partial charge in [0.25, 0.3) is 0 Å². The zero-order valence-electron chi connectivity index (χ0n) is 18.6. The summed E-state index contributed by atoms with van der Waals surface area (Å²) >= 11 is 0. The lowest BCUT2D eigenvalue weighted by atomic mass is 9.52. The number of rotatable bonds is 1. The third-order valence-corrected chi connectivity index (χ3v) is 5.67. The molecular formula is C18H25NO. The topological polar surface area (TPSA) is 12.5 Å². The van der Waals surface area contributed by atoms with Crippen LogP contribution in [0.25, 0.3) is 0 Å². The van der Waals surface area contributed by atoms with Crippen LogP contribution in [0.2, 0.25) is 0 Å². The minimum absolute atomic E-state index is 0.0663. The van der Waals surface area contributed by atoms with Gasteiger partial charge in [0.1, 0.15) is 5.75 Å². The number of hydrogen-bond acceptors (Lipinski definition) is 2. The van der Waals surface area contributed by atoms with Gasteiger partial charge in [-0.15, -0.1) is 0 Å². The van der Waals surface area contributed by atoms with Crippen molar-refractivity contribution in [3.8, 4) is 5.75 Å². The van der Waals surface area contributed by atoms with Gasteiger partial charge < -0.3 is 9.64 Å². The molecule has 3 aliphatic rings. The van der Waals surface area contributed by atoms with Crippen molar-refractivity contribution >= 4 is 0 Å². The molecule has 2 aliphatic carbocycles. The van der Waals surface area contributed by atoms with Gasteiger partial charge in [0, 0.05) is 16.9 Å². The molecule has 20 heavy (non-hydrogen) atoms. The van der Waals surface area contributed by atoms with E-state index in [-0.39, 0.29) is 11.3 Å². The summed E-state index contributed by atoms with van der Waals surface area (Å²) in [6.45, 7) is -1.92. The molecule has 2 fully saturated rings. The fourth-order valence-corrected chi connectivity index (χ4v) is 4.77. The van der Waals surface area contributed by atoms with E-state index in [2.05, 4.69) is 0 Å². The average Bonchev–Trinajstić information content (AvgIpc) is 2.53. The first-order chi connectivity index (χ1) is 12.5. The number of ether oxygens (including phenoxy) is 1. The van der Waals surface area contributed by atoms with Crippen LogP contribution in [-0.4, -0.2) is 31.5 Å². The molecule has 0 amide bonds. The third-order valence-electron chi connectivity index (χ3n) is 5.67. The van der Waals surface area contributed by atoms with Crippen LogP contribution in [0.5, 0.6) is 5.75 Å². The maximum atomic E-state index is 9.26. The van der Waals surface area contributed by atoms with Gasteiger partial charge in [0.2, 0.25) is 0 Å². The molecule has 3 atom stereocenters. The molecule has 0 radical (unpaired) electrons. The summed E-state index contributed by atoms with van der Waals surface area (Å²) in [7, 11) is -2.50. The summed E-state index contributed by atoms with van der Waals surface area (Å²) in [4.78, 5) is 1.42. The van der Waals surface area contributed by atoms with Crippen LogP contribution in [-0.2, 0) is 11.8 Å². The molecule has 1 unspecified atom stereocenters. The van der Waals surface area contributed by atoms with E-state index in [0.717, 1.165) is 36.8 Å². The number of likely N-dealkylation sites (N-methyl/N-ethyl adjacent to an activating group) is 1. The first kappa shape index (κ1) is 7.31. The Balaban J connectivity index is 1.83. The zero-order chi connectivity index (χ0) is 19.7. The molecule has 1 saturated heterocycles. The van der Waals surface area contributed by atoms with E-state index in [4.69, 9.17) is 13.0 Å². The highest BCUT2D eigenvalue weighted by molar-refractivity contribution is 5.45. The quantitative estimate of drug-likeness (QED) is 0.781. The van der Waals surface area contributed by atoms with E-state index in [0.29, 0.717) is 25.1 Å². The molecule has 0 spiro atoms. The summed E-state index contributed by atoms with van der Waals surface area (Å²) in [5, 5.41) is 0. The molecule has 1 aromatic carbocycles. The summed E-state index contributed by atoms with van der Waals surface area (Å²) in [5.41, 5.74) is 1.76. The van der Waals surface area contributed by atoms with Crippen molar-refractivity contribution in [2.45, 2.75) is 50.0 Å². The second-order valence-corrected chi connectivity index (χ2v) is 6.45. The van der Waals surface area contributed by atoms with Crippen molar-refractivity contribution in [1.82, 2.24) is 4.90 Å². The van der Waals surface area contributed by atoms with Crippen molar-refractivity contribution in [2.24, 2.45) is 5.92 Å². The Morgan fingerprint density at radius 2 is 2.40 bits per heavy atom. The van der Waals surface area contributed by atoms with Crippen LogP contribution in [0, 0.1) is 5.92 Å². The Bertz CT molecular complexity index is 746. The van der Waals surface area contributed by atoms with Crippen molar-refractivity contribution in [2.75, 3.05) is 20.6 Å². The molecule has 2 nitrogen and oxygen atoms in total. The SMILES string of the molecule is [2H]C([2H])([2H])Oc1ccc2c(c1)[C@]13CCCCC1[C@]([2H])(C2)N(C([2H])([2H])[2H])CC3. The van der Waals surface area contributed by atoms with Gasteiger partial charge in [-0.25, -0.2) is 0 Å². The van der Waals surface area contributed by atoms with E-state index >= 15 is 0 Å². The Labute approximate surface area is 132 Å². The van der Waals surface area contributed by atoms with Gasteiger partial charge in [-0.05, 0) is 68.4 Å². The fourth-order valence-electron chi connectivity index (χ4n) is 4.77. The molecule has 1 saturated carbocycles. The number of hydrogen-bond donors (Lipinski definition) is 0. The van der Waals surface area contributed by atoms with E-state index < -0.39 is 20.0 Å². The number of benzene rings is 1. The summed E-state index contributed by atoms with van der Waals surface area (Å²) in [6.07, 6.45) is 4.83. The Morgan fingerprint density at radius 3 is 3.30 bits per heavy atom. The van der Waals surface area contributed by atoms with Crippen LogP contribution in [0.3, 0.4) is 0 Å². The van der Waals surface area contributed by atoms with Gasteiger partial charge in [-0.2, -0.15) is 0 Å². The Hall–Kier alpha value is -1.02. The van der Waals surface area contributed by atoms with Crippen LogP contribution >= 0.6 is 0 Å². The standard InChI is InChI=1S/C18H25NO/c1-19-10-9-18-8-4-3-5-15(18)17(19)11-13-6-7-14(20-2)12-16(13)18/h6-7,12,15,17H,3-5,8-11H2,1-2H3/t15?,17-,18-/m0/s1/i1D3,2D3,17D. The number of fused-ring (bicyclic) bond motifs is 1.